The molecule has 0 aromatic carbocycles. The van der Waals surface area contributed by atoms with Crippen LogP contribution in [-0.4, -0.2) is 19.0 Å². The van der Waals surface area contributed by atoms with E-state index < -0.39 is 11.3 Å². The SMILES string of the molecule is FC1(F)C(C2CCCC2)C12CCNC2. The van der Waals surface area contributed by atoms with Crippen molar-refractivity contribution in [3.8, 4) is 0 Å². The minimum atomic E-state index is -2.36. The van der Waals surface area contributed by atoms with Crippen LogP contribution < -0.4 is 5.32 Å². The highest BCUT2D eigenvalue weighted by atomic mass is 19.3. The Bertz CT molecular complexity index is 240. The Morgan fingerprint density at radius 2 is 1.86 bits per heavy atom. The molecule has 2 saturated carbocycles. The van der Waals surface area contributed by atoms with E-state index in [1.54, 1.807) is 0 Å². The van der Waals surface area contributed by atoms with Crippen LogP contribution in [0.1, 0.15) is 32.1 Å². The van der Waals surface area contributed by atoms with Crippen LogP contribution in [0.5, 0.6) is 0 Å². The molecule has 3 fully saturated rings. The Hall–Kier alpha value is -0.180. The maximum absolute atomic E-state index is 13.8. The van der Waals surface area contributed by atoms with Crippen LogP contribution in [0.4, 0.5) is 8.78 Å². The number of alkyl halides is 2. The maximum Gasteiger partial charge on any atom is 0.259 e. The molecular weight excluding hydrogens is 184 g/mol. The molecule has 0 aromatic heterocycles. The second kappa shape index (κ2) is 2.69. The molecule has 3 heteroatoms. The fourth-order valence-corrected chi connectivity index (χ4v) is 3.84. The summed E-state index contributed by atoms with van der Waals surface area (Å²) in [7, 11) is 0. The van der Waals surface area contributed by atoms with Gasteiger partial charge in [0.15, 0.2) is 0 Å². The Morgan fingerprint density at radius 1 is 1.14 bits per heavy atom. The fraction of sp³-hybridized carbons (Fsp3) is 1.00. The van der Waals surface area contributed by atoms with Gasteiger partial charge in [0.1, 0.15) is 0 Å². The van der Waals surface area contributed by atoms with Gasteiger partial charge >= 0.3 is 0 Å². The van der Waals surface area contributed by atoms with E-state index in [4.69, 9.17) is 0 Å². The lowest BCUT2D eigenvalue weighted by Gasteiger charge is -2.09. The van der Waals surface area contributed by atoms with Crippen molar-refractivity contribution in [2.24, 2.45) is 17.3 Å². The highest BCUT2D eigenvalue weighted by molar-refractivity contribution is 5.22. The van der Waals surface area contributed by atoms with Crippen molar-refractivity contribution in [1.29, 1.82) is 0 Å². The molecule has 1 N–H and O–H groups in total. The van der Waals surface area contributed by atoms with Crippen molar-refractivity contribution < 1.29 is 8.78 Å². The van der Waals surface area contributed by atoms with Gasteiger partial charge in [-0.2, -0.15) is 0 Å². The number of halogens is 2. The first-order valence-corrected chi connectivity index (χ1v) is 5.77. The first kappa shape index (κ1) is 9.08. The molecule has 3 rings (SSSR count). The minimum Gasteiger partial charge on any atom is -0.316 e. The summed E-state index contributed by atoms with van der Waals surface area (Å²) < 4.78 is 27.5. The molecule has 1 spiro atoms. The number of hydrogen-bond acceptors (Lipinski definition) is 1. The highest BCUT2D eigenvalue weighted by Crippen LogP contribution is 2.72. The standard InChI is InChI=1S/C11H17F2N/c12-11(13)9(8-3-1-2-4-8)10(11)5-6-14-7-10/h8-9,14H,1-7H2. The average Bonchev–Trinajstić information content (AvgIpc) is 2.64. The lowest BCUT2D eigenvalue weighted by atomic mass is 9.93. The highest BCUT2D eigenvalue weighted by Gasteiger charge is 2.81. The molecule has 14 heavy (non-hydrogen) atoms. The smallest absolute Gasteiger partial charge is 0.259 e. The van der Waals surface area contributed by atoms with Gasteiger partial charge in [-0.25, -0.2) is 8.78 Å². The van der Waals surface area contributed by atoms with Crippen LogP contribution in [0, 0.1) is 17.3 Å². The molecule has 1 aliphatic heterocycles. The summed E-state index contributed by atoms with van der Waals surface area (Å²) in [4.78, 5) is 0. The summed E-state index contributed by atoms with van der Waals surface area (Å²) in [6, 6.07) is 0. The molecule has 1 saturated heterocycles. The van der Waals surface area contributed by atoms with Gasteiger partial charge in [-0.1, -0.05) is 12.8 Å². The summed E-state index contributed by atoms with van der Waals surface area (Å²) in [6.45, 7) is 1.35. The van der Waals surface area contributed by atoms with Gasteiger partial charge in [0.2, 0.25) is 0 Å². The first-order chi connectivity index (χ1) is 6.68. The summed E-state index contributed by atoms with van der Waals surface area (Å²) in [5.74, 6) is -2.32. The molecular formula is C11H17F2N. The quantitative estimate of drug-likeness (QED) is 0.687. The predicted molar refractivity (Wildman–Crippen MR) is 50.3 cm³/mol. The van der Waals surface area contributed by atoms with E-state index in [0.29, 0.717) is 18.9 Å². The lowest BCUT2D eigenvalue weighted by Crippen LogP contribution is -2.16. The monoisotopic (exact) mass is 201 g/mol. The van der Waals surface area contributed by atoms with Gasteiger partial charge in [0, 0.05) is 12.5 Å². The van der Waals surface area contributed by atoms with E-state index in [1.807, 2.05) is 0 Å². The second-order valence-corrected chi connectivity index (χ2v) is 5.23. The zero-order chi connectivity index (χ0) is 9.81. The number of nitrogens with one attached hydrogen (secondary N) is 1. The molecule has 0 radical (unpaired) electrons. The largest absolute Gasteiger partial charge is 0.316 e. The van der Waals surface area contributed by atoms with E-state index in [0.717, 1.165) is 19.4 Å². The third kappa shape index (κ3) is 0.918. The zero-order valence-corrected chi connectivity index (χ0v) is 8.36. The number of rotatable bonds is 1. The van der Waals surface area contributed by atoms with Crippen molar-refractivity contribution >= 4 is 0 Å². The molecule has 3 aliphatic rings. The Balaban J connectivity index is 1.81. The Morgan fingerprint density at radius 3 is 2.43 bits per heavy atom. The molecule has 2 unspecified atom stereocenters. The van der Waals surface area contributed by atoms with E-state index in [9.17, 15) is 8.78 Å². The first-order valence-electron chi connectivity index (χ1n) is 5.77. The van der Waals surface area contributed by atoms with Gasteiger partial charge in [-0.05, 0) is 31.7 Å². The summed E-state index contributed by atoms with van der Waals surface area (Å²) in [6.07, 6.45) is 5.12. The van der Waals surface area contributed by atoms with Crippen LogP contribution in [0.3, 0.4) is 0 Å². The van der Waals surface area contributed by atoms with Crippen LogP contribution >= 0.6 is 0 Å². The third-order valence-corrected chi connectivity index (χ3v) is 4.63. The predicted octanol–water partition coefficient (Wildman–Crippen LogP) is 2.42. The van der Waals surface area contributed by atoms with Crippen LogP contribution in [0.25, 0.3) is 0 Å². The second-order valence-electron chi connectivity index (χ2n) is 5.23. The lowest BCUT2D eigenvalue weighted by molar-refractivity contribution is 0.0565. The van der Waals surface area contributed by atoms with Crippen molar-refractivity contribution in [3.05, 3.63) is 0 Å². The Kier molecular flexibility index (Phi) is 1.74. The molecule has 80 valence electrons. The Labute approximate surface area is 83.3 Å². The van der Waals surface area contributed by atoms with Crippen LogP contribution in [0.15, 0.2) is 0 Å². The molecule has 1 heterocycles. The van der Waals surface area contributed by atoms with Crippen LogP contribution in [0.2, 0.25) is 0 Å². The molecule has 1 nitrogen and oxygen atoms in total. The molecule has 2 aliphatic carbocycles. The summed E-state index contributed by atoms with van der Waals surface area (Å²) >= 11 is 0. The average molecular weight is 201 g/mol. The maximum atomic E-state index is 13.8. The van der Waals surface area contributed by atoms with Crippen molar-refractivity contribution in [1.82, 2.24) is 5.32 Å². The van der Waals surface area contributed by atoms with Crippen LogP contribution in [-0.2, 0) is 0 Å². The van der Waals surface area contributed by atoms with Gasteiger partial charge in [0.05, 0.1) is 5.41 Å². The van der Waals surface area contributed by atoms with Crippen molar-refractivity contribution in [2.75, 3.05) is 13.1 Å². The van der Waals surface area contributed by atoms with Gasteiger partial charge in [0.25, 0.3) is 5.92 Å². The van der Waals surface area contributed by atoms with Gasteiger partial charge in [-0.3, -0.25) is 0 Å². The van der Waals surface area contributed by atoms with E-state index in [2.05, 4.69) is 5.32 Å². The molecule has 0 bridgehead atoms. The zero-order valence-electron chi connectivity index (χ0n) is 8.36. The van der Waals surface area contributed by atoms with E-state index in [-0.39, 0.29) is 5.92 Å². The van der Waals surface area contributed by atoms with Crippen molar-refractivity contribution in [2.45, 2.75) is 38.0 Å². The van der Waals surface area contributed by atoms with Gasteiger partial charge < -0.3 is 5.32 Å². The van der Waals surface area contributed by atoms with Gasteiger partial charge in [-0.15, -0.1) is 0 Å². The number of hydrogen-bond donors (Lipinski definition) is 1. The normalized spacial score (nSPS) is 46.3. The third-order valence-electron chi connectivity index (χ3n) is 4.63. The topological polar surface area (TPSA) is 12.0 Å². The molecule has 0 aromatic rings. The molecule has 0 amide bonds. The van der Waals surface area contributed by atoms with E-state index in [1.165, 1.54) is 12.8 Å². The fourth-order valence-electron chi connectivity index (χ4n) is 3.84. The summed E-state index contributed by atoms with van der Waals surface area (Å²) in [5, 5.41) is 3.10. The summed E-state index contributed by atoms with van der Waals surface area (Å²) in [5.41, 5.74) is -0.623. The minimum absolute atomic E-state index is 0.285. The van der Waals surface area contributed by atoms with Crippen molar-refractivity contribution in [3.63, 3.8) is 0 Å². The van der Waals surface area contributed by atoms with E-state index >= 15 is 0 Å². The molecule has 2 atom stereocenters.